The molecule has 0 heterocycles. The van der Waals surface area contributed by atoms with Crippen LogP contribution in [0.15, 0.2) is 84.9 Å². The van der Waals surface area contributed by atoms with Crippen LogP contribution in [0.4, 0.5) is 4.79 Å². The maximum absolute atomic E-state index is 12.2. The Morgan fingerprint density at radius 1 is 0.828 bits per heavy atom. The molecule has 0 aliphatic carbocycles. The molecule has 0 aliphatic rings. The largest absolute Gasteiger partial charge is 0.380 e. The van der Waals surface area contributed by atoms with Crippen LogP contribution in [0.5, 0.6) is 0 Å². The molecule has 0 spiro atoms. The first kappa shape index (κ1) is 20.6. The van der Waals surface area contributed by atoms with Crippen LogP contribution in [0.1, 0.15) is 34.6 Å². The van der Waals surface area contributed by atoms with E-state index in [0.717, 1.165) is 17.5 Å². The number of methoxy groups -OCH3 is 1. The summed E-state index contributed by atoms with van der Waals surface area (Å²) < 4.78 is 5.16. The summed E-state index contributed by atoms with van der Waals surface area (Å²) >= 11 is 0. The fourth-order valence-corrected chi connectivity index (χ4v) is 3.47. The van der Waals surface area contributed by atoms with E-state index in [2.05, 4.69) is 59.2 Å². The molecule has 0 bridgehead atoms. The maximum Gasteiger partial charge on any atom is 0.315 e. The maximum atomic E-state index is 12.2. The molecule has 0 atom stereocenters. The minimum absolute atomic E-state index is 0.151. The zero-order chi connectivity index (χ0) is 20.3. The molecule has 0 aliphatic heterocycles. The van der Waals surface area contributed by atoms with Gasteiger partial charge in [0.25, 0.3) is 0 Å². The minimum Gasteiger partial charge on any atom is -0.380 e. The highest BCUT2D eigenvalue weighted by atomic mass is 16.5. The molecule has 4 heteroatoms. The first-order chi connectivity index (χ1) is 14.3. The molecular formula is C25H28N2O2. The number of rotatable bonds is 9. The number of hydrogen-bond acceptors (Lipinski definition) is 2. The van der Waals surface area contributed by atoms with Crippen molar-refractivity contribution in [1.82, 2.24) is 10.6 Å². The predicted octanol–water partition coefficient (Wildman–Crippen LogP) is 4.85. The van der Waals surface area contributed by atoms with Crippen molar-refractivity contribution in [2.45, 2.75) is 25.5 Å². The van der Waals surface area contributed by atoms with Gasteiger partial charge in [-0.1, -0.05) is 84.9 Å². The summed E-state index contributed by atoms with van der Waals surface area (Å²) in [5, 5.41) is 5.92. The number of hydrogen-bond donors (Lipinski definition) is 2. The van der Waals surface area contributed by atoms with Gasteiger partial charge in [-0.3, -0.25) is 0 Å². The van der Waals surface area contributed by atoms with E-state index in [1.54, 1.807) is 7.11 Å². The lowest BCUT2D eigenvalue weighted by Crippen LogP contribution is -2.36. The molecule has 0 fully saturated rings. The van der Waals surface area contributed by atoms with E-state index >= 15 is 0 Å². The molecule has 0 saturated heterocycles. The van der Waals surface area contributed by atoms with Crippen molar-refractivity contribution in [3.8, 4) is 0 Å². The summed E-state index contributed by atoms with van der Waals surface area (Å²) in [6.07, 6.45) is 0.838. The first-order valence-corrected chi connectivity index (χ1v) is 9.94. The van der Waals surface area contributed by atoms with Gasteiger partial charge in [0.15, 0.2) is 0 Å². The number of carbonyl (C=O) groups excluding carboxylic acids is 1. The SMILES string of the molecule is COCc1cccc(CNC(=O)NCCC(c2ccccc2)c2ccccc2)c1. The van der Waals surface area contributed by atoms with Crippen LogP contribution in [0, 0.1) is 0 Å². The minimum atomic E-state index is -0.151. The molecule has 0 saturated carbocycles. The third kappa shape index (κ3) is 6.47. The van der Waals surface area contributed by atoms with Crippen molar-refractivity contribution in [1.29, 1.82) is 0 Å². The lowest BCUT2D eigenvalue weighted by atomic mass is 9.88. The number of ether oxygens (including phenoxy) is 1. The fourth-order valence-electron chi connectivity index (χ4n) is 3.47. The summed E-state index contributed by atoms with van der Waals surface area (Å²) in [5.74, 6) is 0.253. The smallest absolute Gasteiger partial charge is 0.315 e. The standard InChI is InChI=1S/C25H28N2O2/c1-29-19-21-10-8-9-20(17-21)18-27-25(28)26-16-15-24(22-11-4-2-5-12-22)23-13-6-3-7-14-23/h2-14,17,24H,15-16,18-19H2,1H3,(H2,26,27,28). The van der Waals surface area contributed by atoms with E-state index in [-0.39, 0.29) is 11.9 Å². The van der Waals surface area contributed by atoms with Crippen molar-refractivity contribution >= 4 is 6.03 Å². The van der Waals surface area contributed by atoms with Crippen LogP contribution >= 0.6 is 0 Å². The predicted molar refractivity (Wildman–Crippen MR) is 117 cm³/mol. The average molecular weight is 389 g/mol. The van der Waals surface area contributed by atoms with Gasteiger partial charge >= 0.3 is 6.03 Å². The van der Waals surface area contributed by atoms with Gasteiger partial charge in [0, 0.05) is 26.1 Å². The third-order valence-corrected chi connectivity index (χ3v) is 4.88. The van der Waals surface area contributed by atoms with Gasteiger partial charge < -0.3 is 15.4 Å². The second-order valence-corrected chi connectivity index (χ2v) is 7.03. The Bertz CT molecular complexity index is 842. The van der Waals surface area contributed by atoms with E-state index in [0.29, 0.717) is 19.7 Å². The zero-order valence-corrected chi connectivity index (χ0v) is 16.8. The van der Waals surface area contributed by atoms with Gasteiger partial charge in [0.2, 0.25) is 0 Å². The highest BCUT2D eigenvalue weighted by molar-refractivity contribution is 5.73. The van der Waals surface area contributed by atoms with Crippen LogP contribution < -0.4 is 10.6 Å². The van der Waals surface area contributed by atoms with Crippen LogP contribution in [0.2, 0.25) is 0 Å². The normalized spacial score (nSPS) is 10.7. The summed E-state index contributed by atoms with van der Waals surface area (Å²) in [7, 11) is 1.68. The van der Waals surface area contributed by atoms with Gasteiger partial charge in [-0.15, -0.1) is 0 Å². The van der Waals surface area contributed by atoms with Crippen LogP contribution in [-0.2, 0) is 17.9 Å². The molecular weight excluding hydrogens is 360 g/mol. The Morgan fingerprint density at radius 2 is 1.45 bits per heavy atom. The molecule has 3 aromatic carbocycles. The van der Waals surface area contributed by atoms with Gasteiger partial charge in [0.05, 0.1) is 6.61 Å². The Hall–Kier alpha value is -3.11. The molecule has 0 aromatic heterocycles. The highest BCUT2D eigenvalue weighted by Crippen LogP contribution is 2.27. The summed E-state index contributed by atoms with van der Waals surface area (Å²) in [5.41, 5.74) is 4.67. The monoisotopic (exact) mass is 388 g/mol. The van der Waals surface area contributed by atoms with Gasteiger partial charge in [-0.2, -0.15) is 0 Å². The molecule has 29 heavy (non-hydrogen) atoms. The number of nitrogens with one attached hydrogen (secondary N) is 2. The average Bonchev–Trinajstić information content (AvgIpc) is 2.77. The summed E-state index contributed by atoms with van der Waals surface area (Å²) in [6.45, 7) is 1.66. The molecule has 3 rings (SSSR count). The van der Waals surface area contributed by atoms with Crippen molar-refractivity contribution in [2.75, 3.05) is 13.7 Å². The van der Waals surface area contributed by atoms with Gasteiger partial charge in [-0.25, -0.2) is 4.79 Å². The van der Waals surface area contributed by atoms with Gasteiger partial charge in [0.1, 0.15) is 0 Å². The van der Waals surface area contributed by atoms with Crippen LogP contribution in [-0.4, -0.2) is 19.7 Å². The number of amides is 2. The first-order valence-electron chi connectivity index (χ1n) is 9.94. The van der Waals surface area contributed by atoms with E-state index in [1.165, 1.54) is 11.1 Å². The van der Waals surface area contributed by atoms with Crippen LogP contribution in [0.3, 0.4) is 0 Å². The van der Waals surface area contributed by atoms with Crippen LogP contribution in [0.25, 0.3) is 0 Å². The Kier molecular flexibility index (Phi) is 7.84. The topological polar surface area (TPSA) is 50.4 Å². The molecule has 2 N–H and O–H groups in total. The van der Waals surface area contributed by atoms with E-state index < -0.39 is 0 Å². The van der Waals surface area contributed by atoms with E-state index in [9.17, 15) is 4.79 Å². The second-order valence-electron chi connectivity index (χ2n) is 7.03. The van der Waals surface area contributed by atoms with Crippen molar-refractivity contribution < 1.29 is 9.53 Å². The summed E-state index contributed by atoms with van der Waals surface area (Å²) in [6, 6.07) is 28.8. The lowest BCUT2D eigenvalue weighted by molar-refractivity contribution is 0.185. The Balaban J connectivity index is 1.52. The molecule has 0 radical (unpaired) electrons. The highest BCUT2D eigenvalue weighted by Gasteiger charge is 2.14. The van der Waals surface area contributed by atoms with Crippen molar-refractivity contribution in [3.05, 3.63) is 107 Å². The number of urea groups is 1. The van der Waals surface area contributed by atoms with Gasteiger partial charge in [-0.05, 0) is 28.7 Å². The fraction of sp³-hybridized carbons (Fsp3) is 0.240. The Morgan fingerprint density at radius 3 is 2.07 bits per heavy atom. The Labute approximate surface area is 172 Å². The summed E-state index contributed by atoms with van der Waals surface area (Å²) in [4.78, 5) is 12.2. The lowest BCUT2D eigenvalue weighted by Gasteiger charge is -2.18. The quantitative estimate of drug-likeness (QED) is 0.550. The number of benzene rings is 3. The molecule has 3 aromatic rings. The van der Waals surface area contributed by atoms with Crippen molar-refractivity contribution in [2.24, 2.45) is 0 Å². The molecule has 0 unspecified atom stereocenters. The second kappa shape index (κ2) is 11.0. The molecule has 150 valence electrons. The zero-order valence-electron chi connectivity index (χ0n) is 16.8. The van der Waals surface area contributed by atoms with Crippen molar-refractivity contribution in [3.63, 3.8) is 0 Å². The molecule has 2 amide bonds. The molecule has 4 nitrogen and oxygen atoms in total. The van der Waals surface area contributed by atoms with E-state index in [1.807, 2.05) is 36.4 Å². The third-order valence-electron chi connectivity index (χ3n) is 4.88. The number of carbonyl (C=O) groups is 1. The van der Waals surface area contributed by atoms with E-state index in [4.69, 9.17) is 4.74 Å².